The predicted molar refractivity (Wildman–Crippen MR) is 135 cm³/mol. The molecule has 2 fully saturated rings. The predicted octanol–water partition coefficient (Wildman–Crippen LogP) is 3.15. The van der Waals surface area contributed by atoms with Gasteiger partial charge in [-0.1, -0.05) is 6.07 Å². The van der Waals surface area contributed by atoms with Gasteiger partial charge >= 0.3 is 6.09 Å². The number of nitrogens with one attached hydrogen (secondary N) is 1. The quantitative estimate of drug-likeness (QED) is 0.633. The van der Waals surface area contributed by atoms with Gasteiger partial charge in [0.1, 0.15) is 23.1 Å². The monoisotopic (exact) mass is 495 g/mol. The lowest BCUT2D eigenvalue weighted by atomic mass is 9.88. The second-order valence-electron chi connectivity index (χ2n) is 11.2. The van der Waals surface area contributed by atoms with Gasteiger partial charge in [0.2, 0.25) is 0 Å². The van der Waals surface area contributed by atoms with Crippen LogP contribution in [-0.2, 0) is 34.8 Å². The topological polar surface area (TPSA) is 110 Å². The number of nitrogens with zero attached hydrogens (tertiary/aromatic N) is 3. The van der Waals surface area contributed by atoms with Gasteiger partial charge in [0.25, 0.3) is 0 Å². The molecule has 1 saturated carbocycles. The molecular weight excluding hydrogens is 462 g/mol. The van der Waals surface area contributed by atoms with Crippen molar-refractivity contribution < 1.29 is 13.7 Å². The number of nitrogens with two attached hydrogens (primary N) is 1. The summed E-state index contributed by atoms with van der Waals surface area (Å²) in [6, 6.07) is 6.99. The van der Waals surface area contributed by atoms with Gasteiger partial charge < -0.3 is 20.7 Å². The zero-order valence-electron chi connectivity index (χ0n) is 20.4. The fraction of sp³-hybridized carbons (Fsp3) is 0.577. The lowest BCUT2D eigenvalue weighted by molar-refractivity contribution is 0.138. The molecule has 8 nitrogen and oxygen atoms in total. The number of carbonyl (C=O) groups excluding carboxylic acids is 1. The summed E-state index contributed by atoms with van der Waals surface area (Å²) in [5.41, 5.74) is 9.84. The van der Waals surface area contributed by atoms with Crippen LogP contribution in [0.1, 0.15) is 55.3 Å². The van der Waals surface area contributed by atoms with Gasteiger partial charge in [-0.15, -0.1) is 0 Å². The highest BCUT2D eigenvalue weighted by Crippen LogP contribution is 2.47. The highest BCUT2D eigenvalue weighted by Gasteiger charge is 2.43. The van der Waals surface area contributed by atoms with Crippen molar-refractivity contribution in [2.45, 2.75) is 62.3 Å². The molecule has 0 spiro atoms. The highest BCUT2D eigenvalue weighted by atomic mass is 32.2. The number of primary amides is 1. The first-order valence-corrected chi connectivity index (χ1v) is 13.9. The molecule has 35 heavy (non-hydrogen) atoms. The van der Waals surface area contributed by atoms with Crippen LogP contribution in [0.25, 0.3) is 0 Å². The number of anilines is 2. The van der Waals surface area contributed by atoms with Gasteiger partial charge in [0.05, 0.1) is 22.0 Å². The van der Waals surface area contributed by atoms with Crippen LogP contribution in [0.3, 0.4) is 0 Å². The summed E-state index contributed by atoms with van der Waals surface area (Å²) in [5.74, 6) is 3.65. The Bertz CT molecular complexity index is 1200. The van der Waals surface area contributed by atoms with Crippen molar-refractivity contribution in [2.75, 3.05) is 35.7 Å². The minimum Gasteiger partial charge on any atom is -0.447 e. The summed E-state index contributed by atoms with van der Waals surface area (Å²) in [4.78, 5) is 24.2. The van der Waals surface area contributed by atoms with E-state index in [0.29, 0.717) is 40.6 Å². The van der Waals surface area contributed by atoms with Crippen molar-refractivity contribution >= 4 is 28.4 Å². The van der Waals surface area contributed by atoms with Crippen LogP contribution in [-0.4, -0.2) is 51.3 Å². The summed E-state index contributed by atoms with van der Waals surface area (Å²) in [6.45, 7) is 6.10. The van der Waals surface area contributed by atoms with Crippen LogP contribution in [0, 0.1) is 11.8 Å². The molecule has 9 heteroatoms. The maximum atomic E-state index is 12.7. The minimum atomic E-state index is -1.12. The van der Waals surface area contributed by atoms with Gasteiger partial charge in [-0.25, -0.2) is 14.8 Å². The highest BCUT2D eigenvalue weighted by molar-refractivity contribution is 7.85. The molecule has 0 bridgehead atoms. The average molecular weight is 496 g/mol. The van der Waals surface area contributed by atoms with E-state index in [1.54, 1.807) is 0 Å². The molecule has 4 aliphatic rings. The number of hydrogen-bond donors (Lipinski definition) is 2. The number of aryl methyl sites for hydroxylation is 3. The lowest BCUT2D eigenvalue weighted by Gasteiger charge is -2.27. The van der Waals surface area contributed by atoms with Gasteiger partial charge in [-0.3, -0.25) is 4.21 Å². The maximum Gasteiger partial charge on any atom is 0.404 e. The number of ether oxygens (including phenoxy) is 1. The largest absolute Gasteiger partial charge is 0.447 e. The van der Waals surface area contributed by atoms with Crippen LogP contribution in [0.4, 0.5) is 16.3 Å². The number of hydrogen-bond acceptors (Lipinski definition) is 7. The standard InChI is InChI=1S/C26H33N5O3S/c1-26(2,14-34-25(27)32)30-24-22-21(7-8-35(22)33)28-23(29-24)17-9-18-12-31(13-19(18)10-17)20-6-5-15-3-4-16(15)11-20/h5-6,11,17-19H,3-4,7-10,12-14H2,1-2H3,(H2,27,32)(H,28,29,30)/t17?,18-,19+,35-/m1/s1. The zero-order chi connectivity index (χ0) is 24.3. The molecule has 2 aliphatic heterocycles. The first kappa shape index (κ1) is 22.8. The molecule has 3 N–H and O–H groups in total. The summed E-state index contributed by atoms with van der Waals surface area (Å²) in [5, 5.41) is 3.38. The van der Waals surface area contributed by atoms with Crippen molar-refractivity contribution in [3.63, 3.8) is 0 Å². The number of benzene rings is 1. The third-order valence-electron chi connectivity index (χ3n) is 8.07. The van der Waals surface area contributed by atoms with Crippen LogP contribution in [0.5, 0.6) is 0 Å². The zero-order valence-corrected chi connectivity index (χ0v) is 21.2. The Morgan fingerprint density at radius 3 is 2.57 bits per heavy atom. The van der Waals surface area contributed by atoms with Crippen molar-refractivity contribution in [1.82, 2.24) is 9.97 Å². The molecule has 4 atom stereocenters. The van der Waals surface area contributed by atoms with Crippen LogP contribution in [0.2, 0.25) is 0 Å². The Morgan fingerprint density at radius 1 is 1.17 bits per heavy atom. The van der Waals surface area contributed by atoms with Gasteiger partial charge in [0, 0.05) is 36.9 Å². The van der Waals surface area contributed by atoms with E-state index in [4.69, 9.17) is 20.4 Å². The third-order valence-corrected chi connectivity index (χ3v) is 9.53. The first-order valence-electron chi connectivity index (χ1n) is 12.6. The Kier molecular flexibility index (Phi) is 5.51. The molecule has 1 aromatic heterocycles. The van der Waals surface area contributed by atoms with Crippen molar-refractivity contribution in [3.05, 3.63) is 40.8 Å². The normalized spacial score (nSPS) is 26.6. The van der Waals surface area contributed by atoms with E-state index in [-0.39, 0.29) is 6.61 Å². The number of carbonyl (C=O) groups is 1. The number of fused-ring (bicyclic) bond motifs is 3. The molecule has 2 aromatic rings. The molecule has 2 aliphatic carbocycles. The summed E-state index contributed by atoms with van der Waals surface area (Å²) >= 11 is 0. The van der Waals surface area contributed by atoms with E-state index < -0.39 is 22.4 Å². The summed E-state index contributed by atoms with van der Waals surface area (Å²) in [6.07, 6.45) is 4.50. The van der Waals surface area contributed by atoms with Crippen molar-refractivity contribution in [3.8, 4) is 0 Å². The van der Waals surface area contributed by atoms with E-state index in [0.717, 1.165) is 37.4 Å². The first-order chi connectivity index (χ1) is 16.8. The van der Waals surface area contributed by atoms with E-state index in [9.17, 15) is 9.00 Å². The van der Waals surface area contributed by atoms with Crippen molar-refractivity contribution in [1.29, 1.82) is 0 Å². The Labute approximate surface area is 208 Å². The number of amides is 1. The summed E-state index contributed by atoms with van der Waals surface area (Å²) < 4.78 is 17.8. The smallest absolute Gasteiger partial charge is 0.404 e. The molecular formula is C26H33N5O3S. The second kappa shape index (κ2) is 8.47. The maximum absolute atomic E-state index is 12.7. The van der Waals surface area contributed by atoms with Crippen LogP contribution in [0.15, 0.2) is 23.1 Å². The SMILES string of the molecule is CC(C)(COC(N)=O)Nc1nc(C2C[C@@H]3CN(c4ccc5c(c4)CC5)C[C@@H]3C2)nc2c1[S@](=O)CC2. The van der Waals surface area contributed by atoms with Gasteiger partial charge in [-0.2, -0.15) is 0 Å². The fourth-order valence-corrected chi connectivity index (χ4v) is 7.50. The van der Waals surface area contributed by atoms with Crippen LogP contribution >= 0.6 is 0 Å². The molecule has 1 amide bonds. The Balaban J connectivity index is 1.19. The molecule has 1 unspecified atom stereocenters. The molecule has 0 radical (unpaired) electrons. The second-order valence-corrected chi connectivity index (χ2v) is 12.7. The molecule has 3 heterocycles. The Morgan fingerprint density at radius 2 is 1.91 bits per heavy atom. The van der Waals surface area contributed by atoms with Gasteiger partial charge in [-0.05, 0) is 74.6 Å². The molecule has 1 saturated heterocycles. The summed E-state index contributed by atoms with van der Waals surface area (Å²) in [7, 11) is -1.12. The van der Waals surface area contributed by atoms with E-state index >= 15 is 0 Å². The lowest BCUT2D eigenvalue weighted by Crippen LogP contribution is -2.39. The van der Waals surface area contributed by atoms with E-state index in [2.05, 4.69) is 28.4 Å². The minimum absolute atomic E-state index is 0.0924. The number of aromatic nitrogens is 2. The third kappa shape index (κ3) is 4.28. The Hall–Kier alpha value is -2.68. The van der Waals surface area contributed by atoms with Crippen molar-refractivity contribution in [2.24, 2.45) is 17.6 Å². The fourth-order valence-electron chi connectivity index (χ4n) is 6.19. The van der Waals surface area contributed by atoms with Crippen LogP contribution < -0.4 is 16.0 Å². The van der Waals surface area contributed by atoms with E-state index in [1.165, 1.54) is 29.7 Å². The average Bonchev–Trinajstić information content (AvgIpc) is 3.46. The number of rotatable bonds is 6. The van der Waals surface area contributed by atoms with Gasteiger partial charge in [0.15, 0.2) is 0 Å². The molecule has 186 valence electrons. The van der Waals surface area contributed by atoms with E-state index in [1.807, 2.05) is 13.8 Å². The molecule has 1 aromatic carbocycles. The molecule has 6 rings (SSSR count).